The van der Waals surface area contributed by atoms with E-state index in [0.29, 0.717) is 5.92 Å². The molecule has 0 saturated carbocycles. The molecule has 0 atom stereocenters. The third-order valence-electron chi connectivity index (χ3n) is 2.37. The molecule has 2 nitrogen and oxygen atoms in total. The maximum Gasteiger partial charge on any atom is 0.0699 e. The summed E-state index contributed by atoms with van der Waals surface area (Å²) in [5.41, 5.74) is 4.71. The van der Waals surface area contributed by atoms with Gasteiger partial charge in [-0.2, -0.15) is 0 Å². The van der Waals surface area contributed by atoms with Crippen LogP contribution in [0.5, 0.6) is 0 Å². The van der Waals surface area contributed by atoms with Crippen molar-refractivity contribution in [3.05, 3.63) is 35.8 Å². The zero-order valence-electron chi connectivity index (χ0n) is 8.09. The van der Waals surface area contributed by atoms with Crippen LogP contribution in [0.1, 0.15) is 31.0 Å². The van der Waals surface area contributed by atoms with Crippen LogP contribution in [0.15, 0.2) is 24.5 Å². The summed E-state index contributed by atoms with van der Waals surface area (Å²) in [6.07, 6.45) is 2.75. The van der Waals surface area contributed by atoms with E-state index in [1.54, 1.807) is 0 Å². The number of hydrogen-bond acceptors (Lipinski definition) is 2. The van der Waals surface area contributed by atoms with E-state index in [9.17, 15) is 0 Å². The van der Waals surface area contributed by atoms with Gasteiger partial charge in [0.1, 0.15) is 0 Å². The Balaban J connectivity index is 2.51. The van der Waals surface area contributed by atoms with Gasteiger partial charge >= 0.3 is 0 Å². The average Bonchev–Trinajstić information content (AvgIpc) is 2.43. The number of pyridine rings is 1. The first kappa shape index (κ1) is 8.30. The lowest BCUT2D eigenvalue weighted by atomic mass is 10.0. The molecule has 0 saturated heterocycles. The Labute approximate surface area is 78.7 Å². The van der Waals surface area contributed by atoms with E-state index in [-0.39, 0.29) is 0 Å². The summed E-state index contributed by atoms with van der Waals surface area (Å²) in [6.45, 7) is 8.30. The van der Waals surface area contributed by atoms with Gasteiger partial charge in [-0.25, -0.2) is 0 Å². The molecule has 1 N–H and O–H groups in total. The number of fused-ring (bicyclic) bond motifs is 1. The number of nitrogens with zero attached hydrogens (tertiary/aromatic N) is 1. The molecule has 1 aliphatic rings. The maximum atomic E-state index is 4.33. The van der Waals surface area contributed by atoms with E-state index < -0.39 is 0 Å². The van der Waals surface area contributed by atoms with Crippen LogP contribution in [0.2, 0.25) is 0 Å². The van der Waals surface area contributed by atoms with Crippen LogP contribution in [0, 0.1) is 0 Å². The summed E-state index contributed by atoms with van der Waals surface area (Å²) >= 11 is 0. The van der Waals surface area contributed by atoms with Gasteiger partial charge in [0, 0.05) is 18.3 Å². The Hall–Kier alpha value is -1.31. The second kappa shape index (κ2) is 2.87. The van der Waals surface area contributed by atoms with Crippen molar-refractivity contribution in [3.8, 4) is 0 Å². The molecule has 1 aromatic heterocycles. The fraction of sp³-hybridized carbons (Fsp3) is 0.364. The van der Waals surface area contributed by atoms with Gasteiger partial charge in [0.2, 0.25) is 0 Å². The summed E-state index contributed by atoms with van der Waals surface area (Å²) in [5.74, 6) is 0.537. The fourth-order valence-corrected chi connectivity index (χ4v) is 1.70. The molecule has 2 rings (SSSR count). The summed E-state index contributed by atoms with van der Waals surface area (Å²) in [6, 6.07) is 2.08. The molecule has 0 aliphatic carbocycles. The van der Waals surface area contributed by atoms with Crippen molar-refractivity contribution in [2.45, 2.75) is 26.2 Å². The number of hydrogen-bond donors (Lipinski definition) is 1. The van der Waals surface area contributed by atoms with Crippen molar-refractivity contribution in [1.29, 1.82) is 0 Å². The first-order valence-corrected chi connectivity index (χ1v) is 4.61. The van der Waals surface area contributed by atoms with Crippen LogP contribution in [0.4, 0.5) is 5.69 Å². The largest absolute Gasteiger partial charge is 0.357 e. The van der Waals surface area contributed by atoms with Crippen molar-refractivity contribution in [1.82, 2.24) is 4.98 Å². The molecule has 0 radical (unpaired) electrons. The molecule has 0 bridgehead atoms. The molecule has 1 aromatic rings. The Kier molecular flexibility index (Phi) is 1.83. The predicted molar refractivity (Wildman–Crippen MR) is 54.8 cm³/mol. The highest BCUT2D eigenvalue weighted by atomic mass is 15.0. The first-order valence-electron chi connectivity index (χ1n) is 4.61. The van der Waals surface area contributed by atoms with E-state index >= 15 is 0 Å². The molecular weight excluding hydrogens is 160 g/mol. The lowest BCUT2D eigenvalue weighted by Gasteiger charge is -2.10. The summed E-state index contributed by atoms with van der Waals surface area (Å²) < 4.78 is 0. The van der Waals surface area contributed by atoms with E-state index in [1.807, 2.05) is 6.20 Å². The minimum Gasteiger partial charge on any atom is -0.357 e. The molecule has 1 aliphatic heterocycles. The van der Waals surface area contributed by atoms with Crippen LogP contribution in [-0.2, 0) is 6.42 Å². The van der Waals surface area contributed by atoms with Gasteiger partial charge in [-0.05, 0) is 17.5 Å². The van der Waals surface area contributed by atoms with Crippen molar-refractivity contribution in [2.24, 2.45) is 0 Å². The van der Waals surface area contributed by atoms with Gasteiger partial charge in [-0.15, -0.1) is 0 Å². The summed E-state index contributed by atoms with van der Waals surface area (Å²) in [7, 11) is 0. The van der Waals surface area contributed by atoms with E-state index in [1.165, 1.54) is 11.3 Å². The molecule has 0 spiro atoms. The van der Waals surface area contributed by atoms with Crippen molar-refractivity contribution < 1.29 is 0 Å². The fourth-order valence-electron chi connectivity index (χ4n) is 1.70. The quantitative estimate of drug-likeness (QED) is 0.708. The highest BCUT2D eigenvalue weighted by Crippen LogP contribution is 2.32. The molecule has 68 valence electrons. The van der Waals surface area contributed by atoms with Gasteiger partial charge in [0.15, 0.2) is 0 Å². The van der Waals surface area contributed by atoms with Gasteiger partial charge < -0.3 is 5.32 Å². The molecule has 0 aromatic carbocycles. The summed E-state index contributed by atoms with van der Waals surface area (Å²) in [4.78, 5) is 4.33. The second-order valence-corrected chi connectivity index (χ2v) is 3.78. The molecule has 2 heteroatoms. The summed E-state index contributed by atoms with van der Waals surface area (Å²) in [5, 5.41) is 3.29. The van der Waals surface area contributed by atoms with Crippen molar-refractivity contribution in [2.75, 3.05) is 5.32 Å². The van der Waals surface area contributed by atoms with Gasteiger partial charge in [0.25, 0.3) is 0 Å². The minimum atomic E-state index is 0.537. The Morgan fingerprint density at radius 3 is 3.00 bits per heavy atom. The standard InChI is InChI=1S/C11H14N2/c1-7(2)9-4-5-12-10-6-8(3)13-11(9)10/h4-5,7,13H,3,6H2,1-2H3. The number of aromatic nitrogens is 1. The maximum absolute atomic E-state index is 4.33. The average molecular weight is 174 g/mol. The molecule has 0 unspecified atom stereocenters. The third-order valence-corrected chi connectivity index (χ3v) is 2.37. The van der Waals surface area contributed by atoms with E-state index in [2.05, 4.69) is 36.8 Å². The lowest BCUT2D eigenvalue weighted by Crippen LogP contribution is -1.96. The molecule has 2 heterocycles. The van der Waals surface area contributed by atoms with Crippen LogP contribution in [-0.4, -0.2) is 4.98 Å². The van der Waals surface area contributed by atoms with Crippen LogP contribution < -0.4 is 5.32 Å². The second-order valence-electron chi connectivity index (χ2n) is 3.78. The third kappa shape index (κ3) is 1.32. The van der Waals surface area contributed by atoms with E-state index in [4.69, 9.17) is 0 Å². The Bertz CT molecular complexity index is 353. The Morgan fingerprint density at radius 2 is 2.31 bits per heavy atom. The highest BCUT2D eigenvalue weighted by molar-refractivity contribution is 5.64. The minimum absolute atomic E-state index is 0.537. The Morgan fingerprint density at radius 1 is 1.54 bits per heavy atom. The van der Waals surface area contributed by atoms with Gasteiger partial charge in [0.05, 0.1) is 11.4 Å². The molecule has 0 amide bonds. The van der Waals surface area contributed by atoms with Crippen LogP contribution >= 0.6 is 0 Å². The highest BCUT2D eigenvalue weighted by Gasteiger charge is 2.18. The first-order chi connectivity index (χ1) is 6.18. The number of allylic oxidation sites excluding steroid dienone is 1. The monoisotopic (exact) mass is 174 g/mol. The lowest BCUT2D eigenvalue weighted by molar-refractivity contribution is 0.864. The van der Waals surface area contributed by atoms with Crippen LogP contribution in [0.3, 0.4) is 0 Å². The zero-order valence-corrected chi connectivity index (χ0v) is 8.09. The number of anilines is 1. The van der Waals surface area contributed by atoms with Crippen molar-refractivity contribution in [3.63, 3.8) is 0 Å². The van der Waals surface area contributed by atoms with Crippen LogP contribution in [0.25, 0.3) is 0 Å². The van der Waals surface area contributed by atoms with E-state index in [0.717, 1.165) is 17.8 Å². The van der Waals surface area contributed by atoms with Gasteiger partial charge in [-0.1, -0.05) is 20.4 Å². The zero-order chi connectivity index (χ0) is 9.42. The van der Waals surface area contributed by atoms with Crippen molar-refractivity contribution >= 4 is 5.69 Å². The molecular formula is C11H14N2. The normalized spacial score (nSPS) is 14.5. The number of nitrogens with one attached hydrogen (secondary N) is 1. The topological polar surface area (TPSA) is 24.9 Å². The molecule has 13 heavy (non-hydrogen) atoms. The molecule has 0 fully saturated rings. The van der Waals surface area contributed by atoms with Gasteiger partial charge in [-0.3, -0.25) is 4.98 Å². The predicted octanol–water partition coefficient (Wildman–Crippen LogP) is 2.69. The smallest absolute Gasteiger partial charge is 0.0699 e. The SMILES string of the molecule is C=C1Cc2nccc(C(C)C)c2N1. The number of rotatable bonds is 1.